The van der Waals surface area contributed by atoms with E-state index in [2.05, 4.69) is 10.6 Å². The Hall–Kier alpha value is -1.55. The Kier molecular flexibility index (Phi) is 5.49. The van der Waals surface area contributed by atoms with Gasteiger partial charge < -0.3 is 15.7 Å². The molecule has 3 N–H and O–H groups in total. The van der Waals surface area contributed by atoms with E-state index in [4.69, 9.17) is 5.11 Å². The van der Waals surface area contributed by atoms with E-state index < -0.39 is 0 Å². The average molecular weight is 236 g/mol. The highest BCUT2D eigenvalue weighted by Gasteiger charge is 2.06. The first-order chi connectivity index (χ1) is 8.11. The highest BCUT2D eigenvalue weighted by molar-refractivity contribution is 5.89. The molecule has 0 saturated heterocycles. The van der Waals surface area contributed by atoms with Crippen LogP contribution >= 0.6 is 0 Å². The average Bonchev–Trinajstić information content (AvgIpc) is 2.26. The Balaban J connectivity index is 2.39. The van der Waals surface area contributed by atoms with Crippen molar-refractivity contribution < 1.29 is 9.90 Å². The molecule has 4 nitrogen and oxygen atoms in total. The number of aryl methyl sites for hydroxylation is 1. The van der Waals surface area contributed by atoms with Gasteiger partial charge in [-0.3, -0.25) is 0 Å². The molecule has 1 aromatic rings. The van der Waals surface area contributed by atoms with Crippen LogP contribution in [-0.2, 0) is 0 Å². The summed E-state index contributed by atoms with van der Waals surface area (Å²) in [6.07, 6.45) is 1.48. The summed E-state index contributed by atoms with van der Waals surface area (Å²) in [4.78, 5) is 11.6. The zero-order valence-corrected chi connectivity index (χ0v) is 10.4. The van der Waals surface area contributed by atoms with Gasteiger partial charge in [0.2, 0.25) is 0 Å². The van der Waals surface area contributed by atoms with Crippen molar-refractivity contribution in [2.45, 2.75) is 32.7 Å². The van der Waals surface area contributed by atoms with E-state index in [9.17, 15) is 4.79 Å². The first-order valence-corrected chi connectivity index (χ1v) is 5.87. The number of rotatable bonds is 5. The molecule has 4 heteroatoms. The van der Waals surface area contributed by atoms with Gasteiger partial charge in [-0.25, -0.2) is 4.79 Å². The Bertz CT molecular complexity index is 366. The molecule has 0 aliphatic rings. The molecule has 0 heterocycles. The Morgan fingerprint density at radius 1 is 1.47 bits per heavy atom. The fourth-order valence-corrected chi connectivity index (χ4v) is 1.58. The molecule has 1 rings (SSSR count). The molecule has 2 amide bonds. The lowest BCUT2D eigenvalue weighted by atomic mass is 10.2. The van der Waals surface area contributed by atoms with Gasteiger partial charge >= 0.3 is 6.03 Å². The Labute approximate surface area is 102 Å². The molecule has 1 unspecified atom stereocenters. The van der Waals surface area contributed by atoms with Crippen LogP contribution in [0.4, 0.5) is 10.5 Å². The van der Waals surface area contributed by atoms with E-state index in [0.29, 0.717) is 6.42 Å². The number of anilines is 1. The van der Waals surface area contributed by atoms with Gasteiger partial charge in [-0.1, -0.05) is 12.1 Å². The second-order valence-corrected chi connectivity index (χ2v) is 4.23. The standard InChI is InChI=1S/C13H20N2O2/c1-10-5-3-7-12(9-10)15-13(17)14-11(2)6-4-8-16/h3,5,7,9,11,16H,4,6,8H2,1-2H3,(H2,14,15,17). The molecule has 94 valence electrons. The zero-order chi connectivity index (χ0) is 12.7. The molecule has 0 spiro atoms. The van der Waals surface area contributed by atoms with Crippen molar-refractivity contribution >= 4 is 11.7 Å². The van der Waals surface area contributed by atoms with Crippen LogP contribution in [-0.4, -0.2) is 23.8 Å². The number of carbonyl (C=O) groups excluding carboxylic acids is 1. The van der Waals surface area contributed by atoms with E-state index in [0.717, 1.165) is 17.7 Å². The minimum atomic E-state index is -0.207. The highest BCUT2D eigenvalue weighted by Crippen LogP contribution is 2.09. The lowest BCUT2D eigenvalue weighted by Gasteiger charge is -2.14. The Morgan fingerprint density at radius 2 is 2.24 bits per heavy atom. The number of carbonyl (C=O) groups is 1. The van der Waals surface area contributed by atoms with Crippen molar-refractivity contribution in [1.82, 2.24) is 5.32 Å². The molecule has 0 saturated carbocycles. The number of hydrogen-bond acceptors (Lipinski definition) is 2. The van der Waals surface area contributed by atoms with Gasteiger partial charge in [0.15, 0.2) is 0 Å². The van der Waals surface area contributed by atoms with Crippen LogP contribution in [0.1, 0.15) is 25.3 Å². The summed E-state index contributed by atoms with van der Waals surface area (Å²) in [6.45, 7) is 4.06. The number of amides is 2. The summed E-state index contributed by atoms with van der Waals surface area (Å²) in [5, 5.41) is 14.3. The molecule has 1 aromatic carbocycles. The van der Waals surface area contributed by atoms with E-state index in [-0.39, 0.29) is 18.7 Å². The third kappa shape index (κ3) is 5.36. The number of aliphatic hydroxyl groups is 1. The predicted octanol–water partition coefficient (Wildman–Crippen LogP) is 2.28. The van der Waals surface area contributed by atoms with Gasteiger partial charge in [0, 0.05) is 18.3 Å². The highest BCUT2D eigenvalue weighted by atomic mass is 16.3. The molecule has 0 radical (unpaired) electrons. The van der Waals surface area contributed by atoms with Gasteiger partial charge in [-0.05, 0) is 44.4 Å². The third-order valence-corrected chi connectivity index (χ3v) is 2.45. The molecule has 17 heavy (non-hydrogen) atoms. The Morgan fingerprint density at radius 3 is 2.88 bits per heavy atom. The van der Waals surface area contributed by atoms with E-state index >= 15 is 0 Å². The lowest BCUT2D eigenvalue weighted by Crippen LogP contribution is -2.36. The molecule has 0 bridgehead atoms. The topological polar surface area (TPSA) is 61.4 Å². The number of urea groups is 1. The van der Waals surface area contributed by atoms with E-state index in [1.807, 2.05) is 38.1 Å². The normalized spacial score (nSPS) is 11.9. The maximum Gasteiger partial charge on any atom is 0.319 e. The second kappa shape index (κ2) is 6.91. The summed E-state index contributed by atoms with van der Waals surface area (Å²) in [6, 6.07) is 7.50. The van der Waals surface area contributed by atoms with Crippen molar-refractivity contribution in [3.05, 3.63) is 29.8 Å². The summed E-state index contributed by atoms with van der Waals surface area (Å²) in [5.41, 5.74) is 1.90. The first-order valence-electron chi connectivity index (χ1n) is 5.87. The van der Waals surface area contributed by atoms with Crippen LogP contribution < -0.4 is 10.6 Å². The van der Waals surface area contributed by atoms with Crippen LogP contribution in [0, 0.1) is 6.92 Å². The monoisotopic (exact) mass is 236 g/mol. The quantitative estimate of drug-likeness (QED) is 0.734. The van der Waals surface area contributed by atoms with Crippen LogP contribution in [0.3, 0.4) is 0 Å². The van der Waals surface area contributed by atoms with Crippen molar-refractivity contribution in [3.63, 3.8) is 0 Å². The molecule has 0 aliphatic carbocycles. The minimum absolute atomic E-state index is 0.0620. The first kappa shape index (κ1) is 13.5. The van der Waals surface area contributed by atoms with E-state index in [1.54, 1.807) is 0 Å². The summed E-state index contributed by atoms with van der Waals surface area (Å²) < 4.78 is 0. The number of nitrogens with one attached hydrogen (secondary N) is 2. The molecule has 0 aliphatic heterocycles. The van der Waals surface area contributed by atoms with Crippen LogP contribution in [0.25, 0.3) is 0 Å². The SMILES string of the molecule is Cc1cccc(NC(=O)NC(C)CCCO)c1. The number of benzene rings is 1. The van der Waals surface area contributed by atoms with Gasteiger partial charge in [-0.2, -0.15) is 0 Å². The fraction of sp³-hybridized carbons (Fsp3) is 0.462. The third-order valence-electron chi connectivity index (χ3n) is 2.45. The van der Waals surface area contributed by atoms with Crippen LogP contribution in [0.2, 0.25) is 0 Å². The van der Waals surface area contributed by atoms with Crippen LogP contribution in [0.15, 0.2) is 24.3 Å². The van der Waals surface area contributed by atoms with Crippen LogP contribution in [0.5, 0.6) is 0 Å². The number of hydrogen-bond donors (Lipinski definition) is 3. The molecule has 1 atom stereocenters. The summed E-state index contributed by atoms with van der Waals surface area (Å²) in [7, 11) is 0. The van der Waals surface area contributed by atoms with Crippen molar-refractivity contribution in [2.75, 3.05) is 11.9 Å². The largest absolute Gasteiger partial charge is 0.396 e. The van der Waals surface area contributed by atoms with Gasteiger partial charge in [0.1, 0.15) is 0 Å². The number of aliphatic hydroxyl groups excluding tert-OH is 1. The van der Waals surface area contributed by atoms with Crippen molar-refractivity contribution in [1.29, 1.82) is 0 Å². The predicted molar refractivity (Wildman–Crippen MR) is 69.1 cm³/mol. The summed E-state index contributed by atoms with van der Waals surface area (Å²) >= 11 is 0. The summed E-state index contributed by atoms with van der Waals surface area (Å²) in [5.74, 6) is 0. The van der Waals surface area contributed by atoms with Crippen molar-refractivity contribution in [2.24, 2.45) is 0 Å². The van der Waals surface area contributed by atoms with Gasteiger partial charge in [0.05, 0.1) is 0 Å². The molecular formula is C13H20N2O2. The maximum absolute atomic E-state index is 11.6. The smallest absolute Gasteiger partial charge is 0.319 e. The zero-order valence-electron chi connectivity index (χ0n) is 10.4. The van der Waals surface area contributed by atoms with Gasteiger partial charge in [-0.15, -0.1) is 0 Å². The lowest BCUT2D eigenvalue weighted by molar-refractivity contribution is 0.245. The second-order valence-electron chi connectivity index (χ2n) is 4.23. The van der Waals surface area contributed by atoms with E-state index in [1.165, 1.54) is 0 Å². The molecular weight excluding hydrogens is 216 g/mol. The molecule has 0 fully saturated rings. The molecule has 0 aromatic heterocycles. The minimum Gasteiger partial charge on any atom is -0.396 e. The van der Waals surface area contributed by atoms with Gasteiger partial charge in [0.25, 0.3) is 0 Å². The maximum atomic E-state index is 11.6. The van der Waals surface area contributed by atoms with Crippen molar-refractivity contribution in [3.8, 4) is 0 Å². The fourth-order valence-electron chi connectivity index (χ4n) is 1.58.